The topological polar surface area (TPSA) is 90.7 Å². The highest BCUT2D eigenvalue weighted by Crippen LogP contribution is 2.28. The number of hydrogen-bond donors (Lipinski definition) is 1. The van der Waals surface area contributed by atoms with E-state index in [9.17, 15) is 14.9 Å². The van der Waals surface area contributed by atoms with Crippen LogP contribution in [0, 0.1) is 17.0 Å². The molecule has 0 fully saturated rings. The summed E-state index contributed by atoms with van der Waals surface area (Å²) in [5.41, 5.74) is 1.81. The number of nitrogens with zero attached hydrogens (tertiary/aromatic N) is 1. The van der Waals surface area contributed by atoms with Crippen molar-refractivity contribution < 1.29 is 19.2 Å². The van der Waals surface area contributed by atoms with Crippen LogP contribution in [0.1, 0.15) is 11.1 Å². The summed E-state index contributed by atoms with van der Waals surface area (Å²) < 4.78 is 10.4. The van der Waals surface area contributed by atoms with Crippen LogP contribution in [0.2, 0.25) is 0 Å². The fourth-order valence-electron chi connectivity index (χ4n) is 2.16. The maximum Gasteiger partial charge on any atom is 0.271 e. The molecule has 0 aromatic heterocycles. The van der Waals surface area contributed by atoms with Crippen molar-refractivity contribution in [3.05, 3.63) is 63.7 Å². The molecule has 0 unspecified atom stereocenters. The quantitative estimate of drug-likeness (QED) is 0.492. The van der Waals surface area contributed by atoms with E-state index in [4.69, 9.17) is 9.47 Å². The number of non-ortho nitro benzene ring substituents is 1. The number of carbonyl (C=O) groups excluding carboxylic acids is 1. The van der Waals surface area contributed by atoms with Gasteiger partial charge in [-0.25, -0.2) is 0 Å². The number of nitro benzene ring substituents is 1. The first-order valence-electron chi connectivity index (χ1n) is 7.40. The molecule has 25 heavy (non-hydrogen) atoms. The van der Waals surface area contributed by atoms with Crippen LogP contribution in [0.4, 0.5) is 11.4 Å². The van der Waals surface area contributed by atoms with Crippen molar-refractivity contribution in [1.82, 2.24) is 0 Å². The third-order valence-corrected chi connectivity index (χ3v) is 3.52. The van der Waals surface area contributed by atoms with E-state index < -0.39 is 10.8 Å². The summed E-state index contributed by atoms with van der Waals surface area (Å²) in [6, 6.07) is 9.57. The van der Waals surface area contributed by atoms with Crippen molar-refractivity contribution in [2.24, 2.45) is 0 Å². The van der Waals surface area contributed by atoms with E-state index in [0.29, 0.717) is 17.2 Å². The number of nitrogens with one attached hydrogen (secondary N) is 1. The second-order valence-corrected chi connectivity index (χ2v) is 5.19. The van der Waals surface area contributed by atoms with E-state index in [2.05, 4.69) is 5.32 Å². The normalized spacial score (nSPS) is 10.5. The summed E-state index contributed by atoms with van der Waals surface area (Å²) in [5, 5.41) is 13.5. The zero-order valence-corrected chi connectivity index (χ0v) is 14.1. The lowest BCUT2D eigenvalue weighted by Gasteiger charge is -2.08. The molecule has 0 aliphatic heterocycles. The summed E-state index contributed by atoms with van der Waals surface area (Å²) in [4.78, 5) is 22.4. The summed E-state index contributed by atoms with van der Waals surface area (Å²) in [6.07, 6.45) is 2.96. The second kappa shape index (κ2) is 7.96. The minimum atomic E-state index is -0.505. The van der Waals surface area contributed by atoms with E-state index >= 15 is 0 Å². The van der Waals surface area contributed by atoms with E-state index in [1.807, 2.05) is 0 Å². The number of anilines is 1. The highest BCUT2D eigenvalue weighted by molar-refractivity contribution is 6.02. The van der Waals surface area contributed by atoms with E-state index in [0.717, 1.165) is 11.1 Å². The van der Waals surface area contributed by atoms with Crippen LogP contribution in [-0.4, -0.2) is 25.1 Å². The van der Waals surface area contributed by atoms with Gasteiger partial charge in [-0.05, 0) is 36.3 Å². The molecule has 0 spiro atoms. The van der Waals surface area contributed by atoms with Crippen LogP contribution in [0.5, 0.6) is 11.5 Å². The molecular weight excluding hydrogens is 324 g/mol. The predicted octanol–water partition coefficient (Wildman–Crippen LogP) is 3.57. The number of amides is 1. The molecule has 2 rings (SSSR count). The Balaban J connectivity index is 2.14. The Morgan fingerprint density at radius 3 is 2.48 bits per heavy atom. The first kappa shape index (κ1) is 18.0. The van der Waals surface area contributed by atoms with E-state index in [1.54, 1.807) is 44.4 Å². The fourth-order valence-corrected chi connectivity index (χ4v) is 2.16. The third kappa shape index (κ3) is 4.57. The SMILES string of the molecule is COc1ccc(/C=C/C(=O)Nc2cc([N+](=O)[O-])ccc2C)cc1OC. The maximum absolute atomic E-state index is 12.1. The van der Waals surface area contributed by atoms with Gasteiger partial charge in [-0.15, -0.1) is 0 Å². The van der Waals surface area contributed by atoms with Gasteiger partial charge in [0.25, 0.3) is 5.69 Å². The number of hydrogen-bond acceptors (Lipinski definition) is 5. The first-order chi connectivity index (χ1) is 11.9. The van der Waals surface area contributed by atoms with Gasteiger partial charge in [0.15, 0.2) is 11.5 Å². The zero-order chi connectivity index (χ0) is 18.4. The maximum atomic E-state index is 12.1. The molecule has 130 valence electrons. The molecule has 0 saturated heterocycles. The van der Waals surface area contributed by atoms with Crippen LogP contribution in [0.25, 0.3) is 6.08 Å². The average molecular weight is 342 g/mol. The summed E-state index contributed by atoms with van der Waals surface area (Å²) in [7, 11) is 3.07. The minimum Gasteiger partial charge on any atom is -0.493 e. The summed E-state index contributed by atoms with van der Waals surface area (Å²) >= 11 is 0. The lowest BCUT2D eigenvalue weighted by atomic mass is 10.1. The number of methoxy groups -OCH3 is 2. The van der Waals surface area contributed by atoms with Crippen molar-refractivity contribution in [2.75, 3.05) is 19.5 Å². The van der Waals surface area contributed by atoms with Crippen molar-refractivity contribution >= 4 is 23.4 Å². The van der Waals surface area contributed by atoms with Gasteiger partial charge < -0.3 is 14.8 Å². The average Bonchev–Trinajstić information content (AvgIpc) is 2.61. The van der Waals surface area contributed by atoms with E-state index in [-0.39, 0.29) is 5.69 Å². The number of ether oxygens (including phenoxy) is 2. The largest absolute Gasteiger partial charge is 0.493 e. The summed E-state index contributed by atoms with van der Waals surface area (Å²) in [5.74, 6) is 0.759. The Kier molecular flexibility index (Phi) is 5.73. The number of aryl methyl sites for hydroxylation is 1. The van der Waals surface area contributed by atoms with E-state index in [1.165, 1.54) is 25.3 Å². The molecule has 0 radical (unpaired) electrons. The fraction of sp³-hybridized carbons (Fsp3) is 0.167. The zero-order valence-electron chi connectivity index (χ0n) is 14.1. The molecule has 0 bridgehead atoms. The molecule has 0 atom stereocenters. The lowest BCUT2D eigenvalue weighted by Crippen LogP contribution is -2.09. The Bertz CT molecular complexity index is 830. The minimum absolute atomic E-state index is 0.0789. The number of benzene rings is 2. The lowest BCUT2D eigenvalue weighted by molar-refractivity contribution is -0.384. The van der Waals surface area contributed by atoms with Gasteiger partial charge in [-0.1, -0.05) is 12.1 Å². The van der Waals surface area contributed by atoms with Gasteiger partial charge in [0.2, 0.25) is 5.91 Å². The number of nitro groups is 1. The highest BCUT2D eigenvalue weighted by Gasteiger charge is 2.10. The van der Waals surface area contributed by atoms with Crippen LogP contribution < -0.4 is 14.8 Å². The van der Waals surface area contributed by atoms with Crippen LogP contribution in [0.15, 0.2) is 42.5 Å². The van der Waals surface area contributed by atoms with Crippen LogP contribution >= 0.6 is 0 Å². The van der Waals surface area contributed by atoms with Gasteiger partial charge in [-0.3, -0.25) is 14.9 Å². The molecule has 1 N–H and O–H groups in total. The molecule has 0 heterocycles. The Morgan fingerprint density at radius 2 is 1.84 bits per heavy atom. The molecule has 1 amide bonds. The van der Waals surface area contributed by atoms with Gasteiger partial charge >= 0.3 is 0 Å². The molecule has 0 aliphatic carbocycles. The standard InChI is InChI=1S/C18H18N2O5/c1-12-4-7-14(20(22)23)11-15(12)19-18(21)9-6-13-5-8-16(24-2)17(10-13)25-3/h4-11H,1-3H3,(H,19,21)/b9-6+. The van der Waals surface area contributed by atoms with Gasteiger partial charge in [-0.2, -0.15) is 0 Å². The molecule has 0 saturated carbocycles. The molecule has 7 nitrogen and oxygen atoms in total. The van der Waals surface area contributed by atoms with Gasteiger partial charge in [0.1, 0.15) is 0 Å². The van der Waals surface area contributed by atoms with Gasteiger partial charge in [0.05, 0.1) is 24.8 Å². The first-order valence-corrected chi connectivity index (χ1v) is 7.40. The van der Waals surface area contributed by atoms with Crippen LogP contribution in [-0.2, 0) is 4.79 Å². The van der Waals surface area contributed by atoms with Crippen molar-refractivity contribution in [3.8, 4) is 11.5 Å². The molecule has 0 aliphatic rings. The third-order valence-electron chi connectivity index (χ3n) is 3.52. The van der Waals surface area contributed by atoms with Crippen LogP contribution in [0.3, 0.4) is 0 Å². The Hall–Kier alpha value is -3.35. The molecule has 7 heteroatoms. The molecule has 2 aromatic rings. The Labute approximate surface area is 145 Å². The smallest absolute Gasteiger partial charge is 0.271 e. The molecular formula is C18H18N2O5. The molecule has 2 aromatic carbocycles. The van der Waals surface area contributed by atoms with Crippen molar-refractivity contribution in [1.29, 1.82) is 0 Å². The number of rotatable bonds is 6. The number of carbonyl (C=O) groups is 1. The highest BCUT2D eigenvalue weighted by atomic mass is 16.6. The van der Waals surface area contributed by atoms with Gasteiger partial charge in [0, 0.05) is 18.2 Å². The summed E-state index contributed by atoms with van der Waals surface area (Å²) in [6.45, 7) is 1.76. The Morgan fingerprint density at radius 1 is 1.12 bits per heavy atom. The predicted molar refractivity (Wildman–Crippen MR) is 95.0 cm³/mol. The van der Waals surface area contributed by atoms with Crippen molar-refractivity contribution in [2.45, 2.75) is 6.92 Å². The second-order valence-electron chi connectivity index (χ2n) is 5.19. The monoisotopic (exact) mass is 342 g/mol. The van der Waals surface area contributed by atoms with Crippen molar-refractivity contribution in [3.63, 3.8) is 0 Å².